The van der Waals surface area contributed by atoms with Crippen molar-refractivity contribution in [2.24, 2.45) is 0 Å². The van der Waals surface area contributed by atoms with Crippen LogP contribution in [-0.4, -0.2) is 50.1 Å². The second-order valence-electron chi connectivity index (χ2n) is 4.81. The van der Waals surface area contributed by atoms with Crippen LogP contribution in [0.3, 0.4) is 0 Å². The van der Waals surface area contributed by atoms with E-state index in [1.165, 1.54) is 4.31 Å². The summed E-state index contributed by atoms with van der Waals surface area (Å²) in [5.74, 6) is -1.08. The second-order valence-corrected chi connectivity index (χ2v) is 7.60. The minimum atomic E-state index is -3.64. The number of carboxylic acid groups (broad SMARTS) is 1. The van der Waals surface area contributed by atoms with Gasteiger partial charge in [-0.2, -0.15) is 4.31 Å². The maximum atomic E-state index is 12.8. The number of nitrogens with zero attached hydrogens (tertiary/aromatic N) is 1. The molecule has 1 N–H and O–H groups in total. The van der Waals surface area contributed by atoms with Gasteiger partial charge >= 0.3 is 5.97 Å². The summed E-state index contributed by atoms with van der Waals surface area (Å²) in [6.07, 6.45) is 0. The smallest absolute Gasteiger partial charge is 0.329 e. The van der Waals surface area contributed by atoms with E-state index in [9.17, 15) is 13.2 Å². The van der Waals surface area contributed by atoms with Gasteiger partial charge < -0.3 is 9.84 Å². The first-order valence-corrected chi connectivity index (χ1v) is 8.99. The van der Waals surface area contributed by atoms with Crippen LogP contribution in [0.1, 0.15) is 18.1 Å². The minimum Gasteiger partial charge on any atom is -0.480 e. The summed E-state index contributed by atoms with van der Waals surface area (Å²) in [4.78, 5) is 10.7. The van der Waals surface area contributed by atoms with Crippen LogP contribution in [0.2, 0.25) is 0 Å². The molecule has 0 atom stereocenters. The molecule has 0 spiro atoms. The number of ether oxygens (including phenoxy) is 1. The van der Waals surface area contributed by atoms with Crippen molar-refractivity contribution < 1.29 is 23.1 Å². The van der Waals surface area contributed by atoms with Crippen molar-refractivity contribution in [3.05, 3.63) is 27.7 Å². The van der Waals surface area contributed by atoms with Crippen molar-refractivity contribution in [2.75, 3.05) is 26.3 Å². The van der Waals surface area contributed by atoms with Crippen LogP contribution in [0.5, 0.6) is 0 Å². The lowest BCUT2D eigenvalue weighted by atomic mass is 10.2. The Morgan fingerprint density at radius 1 is 1.32 bits per heavy atom. The molecule has 0 radical (unpaired) electrons. The predicted octanol–water partition coefficient (Wildman–Crippen LogP) is 2.18. The van der Waals surface area contributed by atoms with Crippen molar-refractivity contribution in [1.82, 2.24) is 4.31 Å². The van der Waals surface area contributed by atoms with E-state index >= 15 is 0 Å². The van der Waals surface area contributed by atoms with Gasteiger partial charge in [0.1, 0.15) is 6.61 Å². The molecule has 6 nitrogen and oxygen atoms in total. The molecule has 8 heteroatoms. The second kappa shape index (κ2) is 8.05. The fourth-order valence-electron chi connectivity index (χ4n) is 2.21. The average molecular weight is 394 g/mol. The van der Waals surface area contributed by atoms with E-state index in [0.717, 1.165) is 4.47 Å². The lowest BCUT2D eigenvalue weighted by molar-refractivity contribution is -0.142. The Kier molecular flexibility index (Phi) is 6.98. The maximum Gasteiger partial charge on any atom is 0.329 e. The number of benzene rings is 1. The van der Waals surface area contributed by atoms with Crippen molar-refractivity contribution >= 4 is 31.9 Å². The summed E-state index contributed by atoms with van der Waals surface area (Å²) in [5, 5.41) is 8.51. The summed E-state index contributed by atoms with van der Waals surface area (Å²) in [7, 11) is -3.64. The molecule has 0 amide bonds. The first-order valence-electron chi connectivity index (χ1n) is 6.76. The zero-order valence-corrected chi connectivity index (χ0v) is 15.2. The normalized spacial score (nSPS) is 11.9. The van der Waals surface area contributed by atoms with E-state index in [4.69, 9.17) is 9.84 Å². The first-order chi connectivity index (χ1) is 10.2. The fourth-order valence-corrected chi connectivity index (χ4v) is 4.74. The number of carbonyl (C=O) groups is 1. The highest BCUT2D eigenvalue weighted by atomic mass is 79.9. The average Bonchev–Trinajstić information content (AvgIpc) is 2.36. The zero-order valence-electron chi connectivity index (χ0n) is 12.8. The Morgan fingerprint density at radius 3 is 2.32 bits per heavy atom. The quantitative estimate of drug-likeness (QED) is 0.684. The van der Waals surface area contributed by atoms with Crippen LogP contribution in [0.25, 0.3) is 0 Å². The summed E-state index contributed by atoms with van der Waals surface area (Å²) >= 11 is 3.35. The minimum absolute atomic E-state index is 0.0357. The van der Waals surface area contributed by atoms with Crippen LogP contribution in [-0.2, 0) is 19.6 Å². The lowest BCUT2D eigenvalue weighted by Crippen LogP contribution is -2.35. The third-order valence-electron chi connectivity index (χ3n) is 3.09. The van der Waals surface area contributed by atoms with Crippen molar-refractivity contribution in [3.8, 4) is 0 Å². The van der Waals surface area contributed by atoms with Gasteiger partial charge in [0.25, 0.3) is 0 Å². The maximum absolute atomic E-state index is 12.8. The Hall–Kier alpha value is -0.960. The molecule has 0 aliphatic heterocycles. The molecule has 0 fully saturated rings. The van der Waals surface area contributed by atoms with Gasteiger partial charge in [-0.1, -0.05) is 22.9 Å². The van der Waals surface area contributed by atoms with Crippen LogP contribution in [0, 0.1) is 13.8 Å². The van der Waals surface area contributed by atoms with Crippen LogP contribution >= 0.6 is 15.9 Å². The first kappa shape index (κ1) is 19.1. The van der Waals surface area contributed by atoms with E-state index in [-0.39, 0.29) is 24.6 Å². The van der Waals surface area contributed by atoms with Crippen molar-refractivity contribution in [2.45, 2.75) is 25.7 Å². The van der Waals surface area contributed by atoms with Crippen molar-refractivity contribution in [1.29, 1.82) is 0 Å². The number of aryl methyl sites for hydroxylation is 2. The van der Waals surface area contributed by atoms with Gasteiger partial charge in [0.15, 0.2) is 0 Å². The van der Waals surface area contributed by atoms with Gasteiger partial charge in [0, 0.05) is 17.6 Å². The highest BCUT2D eigenvalue weighted by Crippen LogP contribution is 2.27. The molecule has 0 unspecified atom stereocenters. The van der Waals surface area contributed by atoms with E-state index in [2.05, 4.69) is 15.9 Å². The summed E-state index contributed by atoms with van der Waals surface area (Å²) < 4.78 is 32.6. The molecule has 0 bridgehead atoms. The van der Waals surface area contributed by atoms with Crippen LogP contribution in [0.15, 0.2) is 21.5 Å². The summed E-state index contributed by atoms with van der Waals surface area (Å²) in [5.41, 5.74) is 1.33. The highest BCUT2D eigenvalue weighted by Gasteiger charge is 2.26. The van der Waals surface area contributed by atoms with Crippen LogP contribution in [0.4, 0.5) is 0 Å². The van der Waals surface area contributed by atoms with Crippen molar-refractivity contribution in [3.63, 3.8) is 0 Å². The molecular formula is C14H20BrNO5S. The Bertz CT molecular complexity index is 622. The Labute approximate surface area is 139 Å². The predicted molar refractivity (Wildman–Crippen MR) is 86.5 cm³/mol. The summed E-state index contributed by atoms with van der Waals surface area (Å²) in [6, 6.07) is 3.52. The Morgan fingerprint density at radius 2 is 1.86 bits per heavy atom. The zero-order chi connectivity index (χ0) is 16.9. The molecular weight excluding hydrogens is 374 g/mol. The standard InChI is InChI=1S/C14H20BrNO5S/c1-4-16(5-6-21-9-13(17)18)22(19,20)14-10(2)7-12(15)8-11(14)3/h7-8H,4-6,9H2,1-3H3,(H,17,18). The monoisotopic (exact) mass is 393 g/mol. The van der Waals surface area contributed by atoms with Crippen LogP contribution < -0.4 is 0 Å². The number of carboxylic acids is 1. The van der Waals surface area contributed by atoms with Gasteiger partial charge in [0.2, 0.25) is 10.0 Å². The third-order valence-corrected chi connectivity index (χ3v) is 5.82. The number of hydrogen-bond acceptors (Lipinski definition) is 4. The highest BCUT2D eigenvalue weighted by molar-refractivity contribution is 9.10. The molecule has 124 valence electrons. The molecule has 0 heterocycles. The van der Waals surface area contributed by atoms with Gasteiger partial charge in [-0.25, -0.2) is 13.2 Å². The SMILES string of the molecule is CCN(CCOCC(=O)O)S(=O)(=O)c1c(C)cc(Br)cc1C. The van der Waals surface area contributed by atoms with Gasteiger partial charge in [0.05, 0.1) is 11.5 Å². The van der Waals surface area contributed by atoms with E-state index < -0.39 is 22.6 Å². The lowest BCUT2D eigenvalue weighted by Gasteiger charge is -2.22. The number of halogens is 1. The molecule has 0 saturated carbocycles. The number of aliphatic carboxylic acids is 1. The van der Waals surface area contributed by atoms with Gasteiger partial charge in [-0.05, 0) is 37.1 Å². The molecule has 0 aliphatic carbocycles. The van der Waals surface area contributed by atoms with E-state index in [1.54, 1.807) is 32.9 Å². The molecule has 0 aliphatic rings. The van der Waals surface area contributed by atoms with Gasteiger partial charge in [-0.15, -0.1) is 0 Å². The number of rotatable bonds is 8. The molecule has 0 aromatic heterocycles. The van der Waals surface area contributed by atoms with Gasteiger partial charge in [-0.3, -0.25) is 0 Å². The topological polar surface area (TPSA) is 83.9 Å². The van der Waals surface area contributed by atoms with E-state index in [1.807, 2.05) is 0 Å². The largest absolute Gasteiger partial charge is 0.480 e. The fraction of sp³-hybridized carbons (Fsp3) is 0.500. The van der Waals surface area contributed by atoms with E-state index in [0.29, 0.717) is 11.1 Å². The number of likely N-dealkylation sites (N-methyl/N-ethyl adjacent to an activating group) is 1. The molecule has 1 aromatic carbocycles. The number of hydrogen-bond donors (Lipinski definition) is 1. The molecule has 1 rings (SSSR count). The third kappa shape index (κ3) is 4.77. The summed E-state index contributed by atoms with van der Waals surface area (Å²) in [6.45, 7) is 5.23. The Balaban J connectivity index is 2.98. The molecule has 1 aromatic rings. The molecule has 22 heavy (non-hydrogen) atoms. The molecule has 0 saturated heterocycles. The number of sulfonamides is 1.